The van der Waals surface area contributed by atoms with Crippen molar-refractivity contribution in [1.82, 2.24) is 19.9 Å². The SMILES string of the molecule is CSc1cccc(NC(=O)NCCCn2c(C)nc3c(N)nc(C)c(C)c32)c1. The van der Waals surface area contributed by atoms with Crippen molar-refractivity contribution in [2.24, 2.45) is 0 Å². The molecule has 0 aliphatic heterocycles. The topological polar surface area (TPSA) is 97.9 Å². The van der Waals surface area contributed by atoms with Gasteiger partial charge in [-0.05, 0) is 57.2 Å². The Morgan fingerprint density at radius 1 is 1.25 bits per heavy atom. The number of urea groups is 1. The third-order valence-corrected chi connectivity index (χ3v) is 5.48. The molecule has 0 radical (unpaired) electrons. The Morgan fingerprint density at radius 3 is 2.79 bits per heavy atom. The summed E-state index contributed by atoms with van der Waals surface area (Å²) in [5.74, 6) is 1.36. The molecule has 28 heavy (non-hydrogen) atoms. The van der Waals surface area contributed by atoms with E-state index in [1.807, 2.05) is 51.3 Å². The van der Waals surface area contributed by atoms with Crippen LogP contribution in [0.25, 0.3) is 11.0 Å². The summed E-state index contributed by atoms with van der Waals surface area (Å²) in [6.07, 6.45) is 2.79. The minimum atomic E-state index is -0.203. The molecular weight excluding hydrogens is 372 g/mol. The van der Waals surface area contributed by atoms with Gasteiger partial charge < -0.3 is 20.9 Å². The molecule has 0 atom stereocenters. The first kappa shape index (κ1) is 20.0. The summed E-state index contributed by atoms with van der Waals surface area (Å²) in [7, 11) is 0. The lowest BCUT2D eigenvalue weighted by Crippen LogP contribution is -2.30. The number of aryl methyl sites for hydroxylation is 4. The number of imidazole rings is 1. The molecule has 0 aliphatic carbocycles. The van der Waals surface area contributed by atoms with Gasteiger partial charge in [0.05, 0.1) is 5.52 Å². The van der Waals surface area contributed by atoms with Crippen molar-refractivity contribution in [3.63, 3.8) is 0 Å². The maximum absolute atomic E-state index is 12.1. The van der Waals surface area contributed by atoms with E-state index in [9.17, 15) is 4.79 Å². The van der Waals surface area contributed by atoms with E-state index in [1.165, 1.54) is 0 Å². The van der Waals surface area contributed by atoms with Crippen molar-refractivity contribution in [3.05, 3.63) is 41.3 Å². The zero-order valence-corrected chi connectivity index (χ0v) is 17.5. The number of pyridine rings is 1. The maximum atomic E-state index is 12.1. The van der Waals surface area contributed by atoms with Gasteiger partial charge in [0.25, 0.3) is 0 Å². The van der Waals surface area contributed by atoms with Crippen molar-refractivity contribution in [2.75, 3.05) is 23.9 Å². The number of nitrogens with one attached hydrogen (secondary N) is 2. The van der Waals surface area contributed by atoms with Gasteiger partial charge in [0.2, 0.25) is 0 Å². The smallest absolute Gasteiger partial charge is 0.319 e. The lowest BCUT2D eigenvalue weighted by Gasteiger charge is -2.11. The van der Waals surface area contributed by atoms with Crippen molar-refractivity contribution in [1.29, 1.82) is 0 Å². The molecule has 0 bridgehead atoms. The number of carbonyl (C=O) groups excluding carboxylic acids is 1. The van der Waals surface area contributed by atoms with Gasteiger partial charge in [0.15, 0.2) is 5.82 Å². The number of anilines is 2. The summed E-state index contributed by atoms with van der Waals surface area (Å²) < 4.78 is 2.15. The van der Waals surface area contributed by atoms with E-state index in [-0.39, 0.29) is 6.03 Å². The number of amides is 2. The molecular formula is C20H26N6OS. The maximum Gasteiger partial charge on any atom is 0.319 e. The van der Waals surface area contributed by atoms with E-state index >= 15 is 0 Å². The van der Waals surface area contributed by atoms with Crippen LogP contribution in [0.4, 0.5) is 16.3 Å². The number of nitrogen functional groups attached to an aromatic ring is 1. The second-order valence-electron chi connectivity index (χ2n) is 6.68. The van der Waals surface area contributed by atoms with Crippen LogP contribution in [0.2, 0.25) is 0 Å². The van der Waals surface area contributed by atoms with Crippen molar-refractivity contribution < 1.29 is 4.79 Å². The summed E-state index contributed by atoms with van der Waals surface area (Å²) in [5.41, 5.74) is 10.6. The number of thioether (sulfide) groups is 1. The molecule has 148 valence electrons. The van der Waals surface area contributed by atoms with Crippen LogP contribution in [0.15, 0.2) is 29.2 Å². The summed E-state index contributed by atoms with van der Waals surface area (Å²) in [5, 5.41) is 5.78. The highest BCUT2D eigenvalue weighted by Crippen LogP contribution is 2.26. The summed E-state index contributed by atoms with van der Waals surface area (Å²) in [6, 6.07) is 7.57. The molecule has 7 nitrogen and oxygen atoms in total. The quantitative estimate of drug-likeness (QED) is 0.432. The van der Waals surface area contributed by atoms with Gasteiger partial charge in [-0.25, -0.2) is 14.8 Å². The monoisotopic (exact) mass is 398 g/mol. The van der Waals surface area contributed by atoms with Crippen LogP contribution >= 0.6 is 11.8 Å². The Balaban J connectivity index is 1.59. The Labute approximate surface area is 169 Å². The zero-order chi connectivity index (χ0) is 20.3. The third-order valence-electron chi connectivity index (χ3n) is 4.76. The first-order chi connectivity index (χ1) is 13.4. The van der Waals surface area contributed by atoms with Gasteiger partial charge in [-0.2, -0.15) is 0 Å². The Kier molecular flexibility index (Phi) is 6.08. The fourth-order valence-corrected chi connectivity index (χ4v) is 3.66. The predicted molar refractivity (Wildman–Crippen MR) is 116 cm³/mol. The normalized spacial score (nSPS) is 11.0. The van der Waals surface area contributed by atoms with Gasteiger partial charge in [0, 0.05) is 29.4 Å². The molecule has 8 heteroatoms. The number of hydrogen-bond acceptors (Lipinski definition) is 5. The van der Waals surface area contributed by atoms with Crippen LogP contribution in [-0.4, -0.2) is 33.4 Å². The molecule has 1 aromatic carbocycles. The summed E-state index contributed by atoms with van der Waals surface area (Å²) >= 11 is 1.64. The average molecular weight is 399 g/mol. The second-order valence-corrected chi connectivity index (χ2v) is 7.56. The molecule has 2 heterocycles. The predicted octanol–water partition coefficient (Wildman–Crippen LogP) is 3.87. The number of carbonyl (C=O) groups is 1. The number of rotatable bonds is 6. The summed E-state index contributed by atoms with van der Waals surface area (Å²) in [6.45, 7) is 7.26. The van der Waals surface area contributed by atoms with Crippen LogP contribution in [-0.2, 0) is 6.54 Å². The number of fused-ring (bicyclic) bond motifs is 1. The molecule has 2 aromatic heterocycles. The van der Waals surface area contributed by atoms with E-state index < -0.39 is 0 Å². The van der Waals surface area contributed by atoms with Crippen LogP contribution in [0, 0.1) is 20.8 Å². The van der Waals surface area contributed by atoms with Gasteiger partial charge in [-0.1, -0.05) is 6.07 Å². The van der Waals surface area contributed by atoms with E-state index in [0.29, 0.717) is 12.4 Å². The standard InChI is InChI=1S/C20H26N6OS/c1-12-13(2)23-19(21)17-18(12)26(14(3)24-17)10-6-9-22-20(27)25-15-7-5-8-16(11-15)28-4/h5,7-8,11H,6,9-10H2,1-4H3,(H2,21,23)(H2,22,25,27). The summed E-state index contributed by atoms with van der Waals surface area (Å²) in [4.78, 5) is 22.2. The van der Waals surface area contributed by atoms with Gasteiger partial charge in [-0.3, -0.25) is 0 Å². The average Bonchev–Trinajstić information content (AvgIpc) is 3.00. The Morgan fingerprint density at radius 2 is 2.04 bits per heavy atom. The number of aromatic nitrogens is 3. The number of hydrogen-bond donors (Lipinski definition) is 3. The molecule has 0 unspecified atom stereocenters. The molecule has 3 rings (SSSR count). The highest BCUT2D eigenvalue weighted by molar-refractivity contribution is 7.98. The lowest BCUT2D eigenvalue weighted by molar-refractivity contribution is 0.252. The fraction of sp³-hybridized carbons (Fsp3) is 0.350. The van der Waals surface area contributed by atoms with Gasteiger partial charge in [0.1, 0.15) is 11.3 Å². The van der Waals surface area contributed by atoms with E-state index in [0.717, 1.165) is 51.7 Å². The highest BCUT2D eigenvalue weighted by Gasteiger charge is 2.15. The Bertz CT molecular complexity index is 1010. The largest absolute Gasteiger partial charge is 0.382 e. The van der Waals surface area contributed by atoms with E-state index in [2.05, 4.69) is 25.2 Å². The molecule has 0 fully saturated rings. The fourth-order valence-electron chi connectivity index (χ4n) is 3.20. The minimum absolute atomic E-state index is 0.203. The van der Waals surface area contributed by atoms with Crippen molar-refractivity contribution in [3.8, 4) is 0 Å². The van der Waals surface area contributed by atoms with Crippen LogP contribution < -0.4 is 16.4 Å². The molecule has 0 aliphatic rings. The van der Waals surface area contributed by atoms with E-state index in [4.69, 9.17) is 5.73 Å². The van der Waals surface area contributed by atoms with Crippen LogP contribution in [0.5, 0.6) is 0 Å². The van der Waals surface area contributed by atoms with Crippen LogP contribution in [0.3, 0.4) is 0 Å². The number of nitrogens with two attached hydrogens (primary N) is 1. The van der Waals surface area contributed by atoms with Crippen LogP contribution in [0.1, 0.15) is 23.5 Å². The molecule has 2 amide bonds. The second kappa shape index (κ2) is 8.52. The van der Waals surface area contributed by atoms with Gasteiger partial charge in [-0.15, -0.1) is 11.8 Å². The Hall–Kier alpha value is -2.74. The lowest BCUT2D eigenvalue weighted by atomic mass is 10.2. The molecule has 4 N–H and O–H groups in total. The van der Waals surface area contributed by atoms with Crippen molar-refractivity contribution in [2.45, 2.75) is 38.6 Å². The third kappa shape index (κ3) is 4.22. The number of nitrogens with zero attached hydrogens (tertiary/aromatic N) is 3. The first-order valence-electron chi connectivity index (χ1n) is 9.19. The minimum Gasteiger partial charge on any atom is -0.382 e. The van der Waals surface area contributed by atoms with E-state index in [1.54, 1.807) is 11.8 Å². The molecule has 0 saturated carbocycles. The van der Waals surface area contributed by atoms with Gasteiger partial charge >= 0.3 is 6.03 Å². The first-order valence-corrected chi connectivity index (χ1v) is 10.4. The van der Waals surface area contributed by atoms with Crippen molar-refractivity contribution >= 4 is 40.3 Å². The molecule has 0 spiro atoms. The molecule has 0 saturated heterocycles. The zero-order valence-electron chi connectivity index (χ0n) is 16.7. The number of benzene rings is 1. The highest BCUT2D eigenvalue weighted by atomic mass is 32.2. The molecule has 3 aromatic rings.